The van der Waals surface area contributed by atoms with E-state index in [4.69, 9.17) is 16.6 Å². The predicted molar refractivity (Wildman–Crippen MR) is 81.2 cm³/mol. The molecule has 0 atom stereocenters. The second kappa shape index (κ2) is 5.87. The lowest BCUT2D eigenvalue weighted by molar-refractivity contribution is 0.660. The minimum Gasteiger partial charge on any atom is -0.244 e. The molecule has 1 aliphatic rings. The van der Waals surface area contributed by atoms with E-state index in [9.17, 15) is 5.26 Å². The van der Waals surface area contributed by atoms with Gasteiger partial charge in [0.15, 0.2) is 0 Å². The van der Waals surface area contributed by atoms with Crippen LogP contribution in [0.3, 0.4) is 0 Å². The molecule has 1 aliphatic carbocycles. The highest BCUT2D eigenvalue weighted by atomic mass is 35.5. The van der Waals surface area contributed by atoms with Crippen molar-refractivity contribution in [2.24, 2.45) is 0 Å². The molecule has 1 aromatic heterocycles. The Morgan fingerprint density at radius 2 is 2.05 bits per heavy atom. The van der Waals surface area contributed by atoms with Crippen LogP contribution in [0.1, 0.15) is 29.7 Å². The Labute approximate surface area is 127 Å². The second-order valence-electron chi connectivity index (χ2n) is 4.83. The van der Waals surface area contributed by atoms with Crippen molar-refractivity contribution in [3.8, 4) is 6.07 Å². The highest BCUT2D eigenvalue weighted by molar-refractivity contribution is 7.99. The van der Waals surface area contributed by atoms with Crippen LogP contribution >= 0.6 is 23.4 Å². The largest absolute Gasteiger partial charge is 0.244 e. The van der Waals surface area contributed by atoms with Crippen molar-refractivity contribution in [1.29, 1.82) is 5.26 Å². The summed E-state index contributed by atoms with van der Waals surface area (Å²) < 4.78 is 0. The number of aromatic nitrogens is 1. The molecule has 3 rings (SSSR count). The molecule has 2 aromatic rings. The topological polar surface area (TPSA) is 36.7 Å². The molecule has 0 unspecified atom stereocenters. The summed E-state index contributed by atoms with van der Waals surface area (Å²) in [4.78, 5) is 5.72. The van der Waals surface area contributed by atoms with Crippen molar-refractivity contribution in [3.63, 3.8) is 0 Å². The molecule has 0 amide bonds. The maximum atomic E-state index is 9.32. The third kappa shape index (κ3) is 2.82. The molecule has 0 fully saturated rings. The summed E-state index contributed by atoms with van der Waals surface area (Å²) in [5.41, 5.74) is 3.05. The first kappa shape index (κ1) is 13.5. The summed E-state index contributed by atoms with van der Waals surface area (Å²) in [6.07, 6.45) is 4.44. The first-order chi connectivity index (χ1) is 9.76. The molecule has 0 spiro atoms. The molecular weight excluding hydrogens is 288 g/mol. The summed E-state index contributed by atoms with van der Waals surface area (Å²) in [5, 5.41) is 10.8. The first-order valence-electron chi connectivity index (χ1n) is 6.62. The van der Waals surface area contributed by atoms with Crippen LogP contribution in [0.2, 0.25) is 5.02 Å². The highest BCUT2D eigenvalue weighted by Gasteiger charge is 2.15. The van der Waals surface area contributed by atoms with Crippen LogP contribution in [0, 0.1) is 11.3 Å². The second-order valence-corrected chi connectivity index (χ2v) is 6.32. The van der Waals surface area contributed by atoms with E-state index >= 15 is 0 Å². The van der Waals surface area contributed by atoms with E-state index in [1.807, 2.05) is 30.3 Å². The number of rotatable bonds is 2. The summed E-state index contributed by atoms with van der Waals surface area (Å²) in [5.74, 6) is 0. The van der Waals surface area contributed by atoms with Gasteiger partial charge < -0.3 is 0 Å². The summed E-state index contributed by atoms with van der Waals surface area (Å²) in [6.45, 7) is 0. The minimum absolute atomic E-state index is 0.663. The summed E-state index contributed by atoms with van der Waals surface area (Å²) in [7, 11) is 0. The van der Waals surface area contributed by atoms with Gasteiger partial charge in [-0.15, -0.1) is 0 Å². The molecule has 1 heterocycles. The van der Waals surface area contributed by atoms with Crippen LogP contribution in [-0.4, -0.2) is 4.98 Å². The third-order valence-corrected chi connectivity index (χ3v) is 4.63. The number of hydrogen-bond donors (Lipinski definition) is 0. The van der Waals surface area contributed by atoms with Crippen LogP contribution in [0.25, 0.3) is 0 Å². The maximum Gasteiger partial charge on any atom is 0.119 e. The van der Waals surface area contributed by atoms with Gasteiger partial charge in [-0.25, -0.2) is 4.98 Å². The smallest absolute Gasteiger partial charge is 0.119 e. The van der Waals surface area contributed by atoms with E-state index in [0.717, 1.165) is 28.5 Å². The molecule has 4 heteroatoms. The van der Waals surface area contributed by atoms with Gasteiger partial charge in [-0.1, -0.05) is 29.4 Å². The van der Waals surface area contributed by atoms with Gasteiger partial charge in [-0.3, -0.25) is 0 Å². The number of hydrogen-bond acceptors (Lipinski definition) is 3. The Hall–Kier alpha value is -1.50. The number of benzene rings is 1. The maximum absolute atomic E-state index is 9.32. The van der Waals surface area contributed by atoms with E-state index in [1.54, 1.807) is 0 Å². The number of nitriles is 1. The average Bonchev–Trinajstić information content (AvgIpc) is 2.46. The molecule has 20 heavy (non-hydrogen) atoms. The van der Waals surface area contributed by atoms with Crippen molar-refractivity contribution in [3.05, 3.63) is 52.2 Å². The van der Waals surface area contributed by atoms with Gasteiger partial charge in [0.1, 0.15) is 11.1 Å². The molecule has 100 valence electrons. The monoisotopic (exact) mass is 300 g/mol. The zero-order valence-electron chi connectivity index (χ0n) is 10.9. The lowest BCUT2D eigenvalue weighted by Crippen LogP contribution is -2.07. The minimum atomic E-state index is 0.663. The molecule has 0 aliphatic heterocycles. The van der Waals surface area contributed by atoms with Gasteiger partial charge in [-0.2, -0.15) is 5.26 Å². The number of fused-ring (bicyclic) bond motifs is 1. The zero-order valence-corrected chi connectivity index (χ0v) is 12.5. The normalized spacial score (nSPS) is 13.6. The van der Waals surface area contributed by atoms with E-state index < -0.39 is 0 Å². The van der Waals surface area contributed by atoms with Gasteiger partial charge in [-0.05, 0) is 55.5 Å². The molecule has 2 nitrogen and oxygen atoms in total. The van der Waals surface area contributed by atoms with Gasteiger partial charge >= 0.3 is 0 Å². The Morgan fingerprint density at radius 1 is 1.20 bits per heavy atom. The van der Waals surface area contributed by atoms with Crippen LogP contribution < -0.4 is 0 Å². The van der Waals surface area contributed by atoms with Crippen LogP contribution in [-0.2, 0) is 12.8 Å². The Balaban J connectivity index is 1.98. The molecule has 0 N–H and O–H groups in total. The predicted octanol–water partition coefficient (Wildman–Crippen LogP) is 4.64. The van der Waals surface area contributed by atoms with Crippen molar-refractivity contribution >= 4 is 23.4 Å². The van der Waals surface area contributed by atoms with Crippen molar-refractivity contribution in [2.45, 2.75) is 35.6 Å². The van der Waals surface area contributed by atoms with Gasteiger partial charge in [0.25, 0.3) is 0 Å². The third-order valence-electron chi connectivity index (χ3n) is 3.40. The number of nitrogens with zero attached hydrogens (tertiary/aromatic N) is 2. The fourth-order valence-electron chi connectivity index (χ4n) is 2.41. The van der Waals surface area contributed by atoms with Gasteiger partial charge in [0.2, 0.25) is 0 Å². The van der Waals surface area contributed by atoms with E-state index in [1.165, 1.54) is 30.2 Å². The number of pyridine rings is 1. The fraction of sp³-hybridized carbons (Fsp3) is 0.250. The lowest BCUT2D eigenvalue weighted by Gasteiger charge is -2.16. The van der Waals surface area contributed by atoms with Crippen molar-refractivity contribution in [2.75, 3.05) is 0 Å². The Morgan fingerprint density at radius 3 is 2.85 bits per heavy atom. The fourth-order valence-corrected chi connectivity index (χ4v) is 3.60. The van der Waals surface area contributed by atoms with E-state index in [-0.39, 0.29) is 0 Å². The Bertz CT molecular complexity index is 691. The standard InChI is InChI=1S/C16H13ClN2S/c17-13-5-3-6-14(9-13)20-16-12(10-18)8-11-4-1-2-7-15(11)19-16/h3,5-6,8-9H,1-2,4,7H2. The molecule has 0 radical (unpaired) electrons. The van der Waals surface area contributed by atoms with Crippen molar-refractivity contribution < 1.29 is 0 Å². The van der Waals surface area contributed by atoms with Gasteiger partial charge in [0, 0.05) is 15.6 Å². The number of aryl methyl sites for hydroxylation is 2. The van der Waals surface area contributed by atoms with Crippen LogP contribution in [0.15, 0.2) is 40.3 Å². The van der Waals surface area contributed by atoms with Gasteiger partial charge in [0.05, 0.1) is 5.56 Å². The SMILES string of the molecule is N#Cc1cc2c(nc1Sc1cccc(Cl)c1)CCCC2. The summed E-state index contributed by atoms with van der Waals surface area (Å²) >= 11 is 7.51. The lowest BCUT2D eigenvalue weighted by atomic mass is 9.95. The van der Waals surface area contributed by atoms with E-state index in [2.05, 4.69) is 6.07 Å². The zero-order chi connectivity index (χ0) is 13.9. The molecular formula is C16H13ClN2S. The molecule has 0 bridgehead atoms. The molecule has 0 saturated heterocycles. The van der Waals surface area contributed by atoms with E-state index in [0.29, 0.717) is 10.6 Å². The average molecular weight is 301 g/mol. The quantitative estimate of drug-likeness (QED) is 0.811. The van der Waals surface area contributed by atoms with Crippen LogP contribution in [0.4, 0.5) is 0 Å². The summed E-state index contributed by atoms with van der Waals surface area (Å²) in [6, 6.07) is 11.9. The Kier molecular flexibility index (Phi) is 3.95. The number of halogens is 1. The molecule has 0 saturated carbocycles. The van der Waals surface area contributed by atoms with Crippen molar-refractivity contribution in [1.82, 2.24) is 4.98 Å². The van der Waals surface area contributed by atoms with Crippen LogP contribution in [0.5, 0.6) is 0 Å². The highest BCUT2D eigenvalue weighted by Crippen LogP contribution is 2.32. The molecule has 1 aromatic carbocycles. The first-order valence-corrected chi connectivity index (χ1v) is 7.82.